The molecule has 1 amide bonds. The predicted molar refractivity (Wildman–Crippen MR) is 137 cm³/mol. The molecule has 190 valence electrons. The minimum atomic E-state index is -1.15. The van der Waals surface area contributed by atoms with E-state index >= 15 is 0 Å². The van der Waals surface area contributed by atoms with Crippen LogP contribution in [0.2, 0.25) is 0 Å². The Kier molecular flexibility index (Phi) is 6.45. The van der Waals surface area contributed by atoms with Crippen molar-refractivity contribution in [2.24, 2.45) is 33.7 Å². The number of amides is 1. The van der Waals surface area contributed by atoms with E-state index in [-0.39, 0.29) is 29.1 Å². The number of oxime groups is 1. The highest BCUT2D eigenvalue weighted by molar-refractivity contribution is 7.09. The number of thiophene rings is 1. The number of rotatable bonds is 6. The second-order valence-electron chi connectivity index (χ2n) is 11.6. The first kappa shape index (κ1) is 24.7. The van der Waals surface area contributed by atoms with Crippen molar-refractivity contribution in [2.75, 3.05) is 6.61 Å². The molecule has 35 heavy (non-hydrogen) atoms. The average molecular weight is 499 g/mol. The summed E-state index contributed by atoms with van der Waals surface area (Å²) < 4.78 is 0. The van der Waals surface area contributed by atoms with Crippen LogP contribution in [-0.4, -0.2) is 34.7 Å². The van der Waals surface area contributed by atoms with Crippen LogP contribution in [-0.2, 0) is 21.0 Å². The normalized spacial score (nSPS) is 39.3. The van der Waals surface area contributed by atoms with E-state index in [2.05, 4.69) is 30.4 Å². The van der Waals surface area contributed by atoms with Gasteiger partial charge in [-0.2, -0.15) is 0 Å². The Balaban J connectivity index is 1.23. The van der Waals surface area contributed by atoms with E-state index in [1.165, 1.54) is 5.57 Å². The summed E-state index contributed by atoms with van der Waals surface area (Å²) in [5, 5.41) is 20.5. The highest BCUT2D eigenvalue weighted by Crippen LogP contribution is 2.67. The summed E-state index contributed by atoms with van der Waals surface area (Å²) in [4.78, 5) is 31.0. The monoisotopic (exact) mass is 498 g/mol. The smallest absolute Gasteiger partial charge is 0.261 e. The molecule has 0 aliphatic heterocycles. The number of fused-ring (bicyclic) bond motifs is 5. The molecule has 4 aliphatic carbocycles. The number of ketones is 1. The highest BCUT2D eigenvalue weighted by atomic mass is 32.1. The van der Waals surface area contributed by atoms with Gasteiger partial charge >= 0.3 is 0 Å². The van der Waals surface area contributed by atoms with Gasteiger partial charge in [0.25, 0.3) is 5.91 Å². The molecule has 1 aromatic rings. The lowest BCUT2D eigenvalue weighted by atomic mass is 9.46. The SMILES string of the molecule is CC(=O)[C@@]1(O)CC[C@H]2[C@@H]3CCC4=C/C(=N\OCC(=O)NCc5cccs5)CC[C@]4(C)[C@H]3CC[C@@]21C. The maximum atomic E-state index is 12.4. The van der Waals surface area contributed by atoms with Crippen molar-refractivity contribution in [3.8, 4) is 0 Å². The summed E-state index contributed by atoms with van der Waals surface area (Å²) >= 11 is 1.62. The Morgan fingerprint density at radius 2 is 1.97 bits per heavy atom. The summed E-state index contributed by atoms with van der Waals surface area (Å²) in [5.41, 5.74) is 1.07. The predicted octanol–water partition coefficient (Wildman–Crippen LogP) is 5.02. The number of nitrogens with zero attached hydrogens (tertiary/aromatic N) is 1. The van der Waals surface area contributed by atoms with Crippen LogP contribution in [0.1, 0.15) is 77.0 Å². The Labute approximate surface area is 212 Å². The van der Waals surface area contributed by atoms with Gasteiger partial charge in [0.1, 0.15) is 5.60 Å². The third kappa shape index (κ3) is 4.08. The average Bonchev–Trinajstić information content (AvgIpc) is 3.44. The number of carbonyl (C=O) groups is 2. The number of Topliss-reactive ketones (excluding diaryl/α,β-unsaturated/α-hetero) is 1. The third-order valence-corrected chi connectivity index (χ3v) is 11.0. The first-order valence-corrected chi connectivity index (χ1v) is 14.0. The maximum Gasteiger partial charge on any atom is 0.261 e. The second kappa shape index (κ2) is 9.15. The van der Waals surface area contributed by atoms with Crippen LogP contribution in [0.3, 0.4) is 0 Å². The topological polar surface area (TPSA) is 88.0 Å². The molecule has 3 fully saturated rings. The van der Waals surface area contributed by atoms with E-state index in [0.29, 0.717) is 30.7 Å². The van der Waals surface area contributed by atoms with Crippen LogP contribution < -0.4 is 5.32 Å². The van der Waals surface area contributed by atoms with Gasteiger partial charge in [-0.25, -0.2) is 0 Å². The van der Waals surface area contributed by atoms with Crippen molar-refractivity contribution in [3.05, 3.63) is 34.0 Å². The molecule has 6 nitrogen and oxygen atoms in total. The Hall–Kier alpha value is -1.99. The molecular formula is C28H38N2O4S. The fourth-order valence-electron chi connectivity index (χ4n) is 8.06. The Bertz CT molecular complexity index is 1050. The number of nitrogens with one attached hydrogen (secondary N) is 1. The van der Waals surface area contributed by atoms with E-state index in [4.69, 9.17) is 4.84 Å². The zero-order valence-electron chi connectivity index (χ0n) is 21.1. The number of hydrogen-bond donors (Lipinski definition) is 2. The van der Waals surface area contributed by atoms with Gasteiger partial charge in [0.15, 0.2) is 12.4 Å². The molecule has 0 aromatic carbocycles. The zero-order chi connectivity index (χ0) is 24.8. The van der Waals surface area contributed by atoms with Crippen LogP contribution >= 0.6 is 11.3 Å². The molecule has 1 heterocycles. The lowest BCUT2D eigenvalue weighted by Crippen LogP contribution is -2.57. The van der Waals surface area contributed by atoms with Gasteiger partial charge in [-0.05, 0) is 99.0 Å². The van der Waals surface area contributed by atoms with Gasteiger partial charge in [0, 0.05) is 10.3 Å². The summed E-state index contributed by atoms with van der Waals surface area (Å²) in [6, 6.07) is 3.97. The molecule has 1 aromatic heterocycles. The summed E-state index contributed by atoms with van der Waals surface area (Å²) in [6.45, 7) is 6.61. The highest BCUT2D eigenvalue weighted by Gasteiger charge is 2.65. The van der Waals surface area contributed by atoms with Gasteiger partial charge in [0.2, 0.25) is 0 Å². The summed E-state index contributed by atoms with van der Waals surface area (Å²) in [7, 11) is 0. The summed E-state index contributed by atoms with van der Waals surface area (Å²) in [6.07, 6.45) is 9.79. The minimum Gasteiger partial charge on any atom is -0.385 e. The van der Waals surface area contributed by atoms with Gasteiger partial charge in [0.05, 0.1) is 12.3 Å². The van der Waals surface area contributed by atoms with Crippen molar-refractivity contribution in [3.63, 3.8) is 0 Å². The molecule has 0 spiro atoms. The van der Waals surface area contributed by atoms with Crippen molar-refractivity contribution < 1.29 is 19.5 Å². The minimum absolute atomic E-state index is 0.0534. The van der Waals surface area contributed by atoms with E-state index < -0.39 is 5.60 Å². The second-order valence-corrected chi connectivity index (χ2v) is 12.7. The molecule has 5 rings (SSSR count). The standard InChI is InChI=1S/C28H38N2O4S/c1-18(31)28(33)13-10-24-22-7-6-19-15-20(8-11-26(19,2)23(22)9-12-27(24,28)3)30-34-17-25(32)29-16-21-5-4-14-35-21/h4-5,14-15,22-24,33H,6-13,16-17H2,1-3H3,(H,29,32)/b30-20-/t22-,23+,24+,26+,27+,28+/m1/s1. The van der Waals surface area contributed by atoms with Crippen LogP contribution in [0.5, 0.6) is 0 Å². The number of allylic oxidation sites excluding steroid dienone is 2. The van der Waals surface area contributed by atoms with E-state index in [1.54, 1.807) is 18.3 Å². The van der Waals surface area contributed by atoms with Gasteiger partial charge in [-0.15, -0.1) is 11.3 Å². The third-order valence-electron chi connectivity index (χ3n) is 10.1. The molecular weight excluding hydrogens is 460 g/mol. The molecule has 0 radical (unpaired) electrons. The molecule has 0 unspecified atom stereocenters. The fourth-order valence-corrected chi connectivity index (χ4v) is 8.71. The van der Waals surface area contributed by atoms with Gasteiger partial charge in [-0.1, -0.05) is 30.6 Å². The maximum absolute atomic E-state index is 12.4. The van der Waals surface area contributed by atoms with Crippen LogP contribution in [0.15, 0.2) is 34.3 Å². The van der Waals surface area contributed by atoms with E-state index in [0.717, 1.165) is 55.5 Å². The lowest BCUT2D eigenvalue weighted by molar-refractivity contribution is -0.159. The number of hydrogen-bond acceptors (Lipinski definition) is 6. The van der Waals surface area contributed by atoms with Crippen molar-refractivity contribution in [1.29, 1.82) is 0 Å². The Morgan fingerprint density at radius 3 is 2.71 bits per heavy atom. The largest absolute Gasteiger partial charge is 0.385 e. The van der Waals surface area contributed by atoms with Crippen molar-refractivity contribution >= 4 is 28.7 Å². The van der Waals surface area contributed by atoms with E-state index in [9.17, 15) is 14.7 Å². The number of aliphatic hydroxyl groups is 1. The number of carbonyl (C=O) groups excluding carboxylic acids is 2. The van der Waals surface area contributed by atoms with Crippen molar-refractivity contribution in [2.45, 2.75) is 84.3 Å². The van der Waals surface area contributed by atoms with E-state index in [1.807, 2.05) is 17.5 Å². The molecule has 6 atom stereocenters. The van der Waals surface area contributed by atoms with Gasteiger partial charge < -0.3 is 15.3 Å². The van der Waals surface area contributed by atoms with Crippen molar-refractivity contribution in [1.82, 2.24) is 5.32 Å². The zero-order valence-corrected chi connectivity index (χ0v) is 22.0. The molecule has 7 heteroatoms. The van der Waals surface area contributed by atoms with Crippen LogP contribution in [0.4, 0.5) is 0 Å². The van der Waals surface area contributed by atoms with Crippen LogP contribution in [0, 0.1) is 28.6 Å². The molecule has 3 saturated carbocycles. The Morgan fingerprint density at radius 1 is 1.17 bits per heavy atom. The lowest BCUT2D eigenvalue weighted by Gasteiger charge is -2.59. The molecule has 0 saturated heterocycles. The summed E-state index contributed by atoms with van der Waals surface area (Å²) in [5.74, 6) is 1.34. The first-order valence-electron chi connectivity index (χ1n) is 13.1. The quantitative estimate of drug-likeness (QED) is 0.539. The molecule has 0 bridgehead atoms. The molecule has 2 N–H and O–H groups in total. The first-order chi connectivity index (χ1) is 16.7. The van der Waals surface area contributed by atoms with Gasteiger partial charge in [-0.3, -0.25) is 9.59 Å². The fraction of sp³-hybridized carbons (Fsp3) is 0.679. The van der Waals surface area contributed by atoms with Crippen LogP contribution in [0.25, 0.3) is 0 Å². The molecule has 4 aliphatic rings.